The fraction of sp³-hybridized carbons (Fsp3) is 0.625. The van der Waals surface area contributed by atoms with Crippen molar-refractivity contribution in [2.75, 3.05) is 6.26 Å². The van der Waals surface area contributed by atoms with E-state index in [0.29, 0.717) is 5.57 Å². The van der Waals surface area contributed by atoms with E-state index >= 15 is 0 Å². The zero-order valence-electron chi connectivity index (χ0n) is 7.36. The largest absolute Gasteiger partial charge is 0.481 e. The quantitative estimate of drug-likeness (QED) is 0.663. The van der Waals surface area contributed by atoms with Gasteiger partial charge in [0, 0.05) is 6.26 Å². The second-order valence-electron chi connectivity index (χ2n) is 3.44. The Hall–Kier alpha value is -0.840. The number of rotatable bonds is 2. The van der Waals surface area contributed by atoms with E-state index in [4.69, 9.17) is 5.11 Å². The zero-order valence-corrected chi connectivity index (χ0v) is 8.17. The Morgan fingerprint density at radius 1 is 1.62 bits per heavy atom. The van der Waals surface area contributed by atoms with Crippen LogP contribution in [-0.4, -0.2) is 31.0 Å². The fourth-order valence-corrected chi connectivity index (χ4v) is 2.61. The van der Waals surface area contributed by atoms with Gasteiger partial charge in [-0.1, -0.05) is 12.2 Å². The maximum Gasteiger partial charge on any atom is 0.310 e. The third kappa shape index (κ3) is 2.09. The van der Waals surface area contributed by atoms with E-state index in [1.807, 2.05) is 0 Å². The van der Waals surface area contributed by atoms with Gasteiger partial charge in [-0.3, -0.25) is 4.79 Å². The molecule has 1 N–H and O–H groups in total. The van der Waals surface area contributed by atoms with Crippen LogP contribution in [0.25, 0.3) is 0 Å². The van der Waals surface area contributed by atoms with Crippen LogP contribution in [0.4, 0.5) is 0 Å². The predicted molar refractivity (Wildman–Crippen MR) is 48.1 cm³/mol. The highest BCUT2D eigenvalue weighted by Crippen LogP contribution is 2.33. The van der Waals surface area contributed by atoms with Gasteiger partial charge in [-0.15, -0.1) is 0 Å². The van der Waals surface area contributed by atoms with Crippen molar-refractivity contribution in [1.82, 2.24) is 0 Å². The van der Waals surface area contributed by atoms with Crippen molar-refractivity contribution in [2.24, 2.45) is 5.92 Å². The van der Waals surface area contributed by atoms with Gasteiger partial charge >= 0.3 is 5.97 Å². The minimum Gasteiger partial charge on any atom is -0.481 e. The highest BCUT2D eigenvalue weighted by atomic mass is 32.2. The Balaban J connectivity index is 2.83. The predicted octanol–water partition coefficient (Wildman–Crippen LogP) is 0.450. The van der Waals surface area contributed by atoms with Crippen molar-refractivity contribution in [2.45, 2.75) is 18.1 Å². The minimum absolute atomic E-state index is 0.174. The minimum atomic E-state index is -3.13. The lowest BCUT2D eigenvalue weighted by Gasteiger charge is -2.04. The van der Waals surface area contributed by atoms with Crippen molar-refractivity contribution < 1.29 is 18.3 Å². The molecule has 0 heterocycles. The summed E-state index contributed by atoms with van der Waals surface area (Å²) in [7, 11) is -3.13. The molecular formula is C8H12O4S. The van der Waals surface area contributed by atoms with E-state index in [9.17, 15) is 13.2 Å². The second-order valence-corrected chi connectivity index (χ2v) is 5.77. The first kappa shape index (κ1) is 10.2. The summed E-state index contributed by atoms with van der Waals surface area (Å²) in [6.45, 7) is 3.58. The molecule has 74 valence electrons. The molecule has 4 nitrogen and oxygen atoms in total. The van der Waals surface area contributed by atoms with Crippen LogP contribution in [0, 0.1) is 5.92 Å². The highest BCUT2D eigenvalue weighted by molar-refractivity contribution is 7.91. The van der Waals surface area contributed by atoms with Crippen LogP contribution >= 0.6 is 0 Å². The van der Waals surface area contributed by atoms with Crippen LogP contribution in [0.2, 0.25) is 0 Å². The summed E-state index contributed by atoms with van der Waals surface area (Å²) in [5.74, 6) is -1.66. The lowest BCUT2D eigenvalue weighted by Crippen LogP contribution is -2.18. The first-order valence-electron chi connectivity index (χ1n) is 3.91. The van der Waals surface area contributed by atoms with Crippen LogP contribution in [0.15, 0.2) is 12.2 Å². The van der Waals surface area contributed by atoms with Crippen LogP contribution in [0.5, 0.6) is 0 Å². The maximum atomic E-state index is 11.1. The Morgan fingerprint density at radius 2 is 2.15 bits per heavy atom. The molecule has 13 heavy (non-hydrogen) atoms. The van der Waals surface area contributed by atoms with E-state index in [1.165, 1.54) is 0 Å². The molecule has 2 atom stereocenters. The third-order valence-electron chi connectivity index (χ3n) is 2.38. The summed E-state index contributed by atoms with van der Waals surface area (Å²) in [6.07, 6.45) is 1.60. The smallest absolute Gasteiger partial charge is 0.310 e. The Kier molecular flexibility index (Phi) is 2.47. The fourth-order valence-electron chi connectivity index (χ4n) is 1.55. The molecule has 0 aromatic rings. The van der Waals surface area contributed by atoms with E-state index in [2.05, 4.69) is 6.58 Å². The van der Waals surface area contributed by atoms with Crippen LogP contribution in [0.3, 0.4) is 0 Å². The number of carbonyl (C=O) groups is 1. The lowest BCUT2D eigenvalue weighted by molar-refractivity contribution is -0.140. The van der Waals surface area contributed by atoms with Gasteiger partial charge in [-0.25, -0.2) is 8.42 Å². The van der Waals surface area contributed by atoms with Gasteiger partial charge in [0.1, 0.15) is 0 Å². The van der Waals surface area contributed by atoms with Gasteiger partial charge in [0.05, 0.1) is 11.2 Å². The molecule has 0 bridgehead atoms. The lowest BCUT2D eigenvalue weighted by atomic mass is 10.1. The monoisotopic (exact) mass is 204 g/mol. The summed E-state index contributed by atoms with van der Waals surface area (Å²) >= 11 is 0. The molecule has 1 saturated carbocycles. The van der Waals surface area contributed by atoms with Crippen molar-refractivity contribution >= 4 is 15.8 Å². The normalized spacial score (nSPS) is 29.2. The first-order valence-corrected chi connectivity index (χ1v) is 5.87. The molecule has 0 radical (unpaired) electrons. The van der Waals surface area contributed by atoms with Crippen molar-refractivity contribution in [3.63, 3.8) is 0 Å². The van der Waals surface area contributed by atoms with E-state index < -0.39 is 27.0 Å². The second kappa shape index (κ2) is 3.14. The van der Waals surface area contributed by atoms with Gasteiger partial charge in [-0.2, -0.15) is 0 Å². The summed E-state index contributed by atoms with van der Waals surface area (Å²) in [6, 6.07) is 0. The van der Waals surface area contributed by atoms with E-state index in [0.717, 1.165) is 6.26 Å². The first-order chi connectivity index (χ1) is 5.82. The number of carboxylic acid groups (broad SMARTS) is 1. The average molecular weight is 204 g/mol. The summed E-state index contributed by atoms with van der Waals surface area (Å²) in [4.78, 5) is 10.6. The van der Waals surface area contributed by atoms with Crippen molar-refractivity contribution in [3.8, 4) is 0 Å². The topological polar surface area (TPSA) is 71.4 Å². The van der Waals surface area contributed by atoms with Crippen LogP contribution in [-0.2, 0) is 14.6 Å². The Morgan fingerprint density at radius 3 is 2.38 bits per heavy atom. The molecule has 0 unspecified atom stereocenters. The van der Waals surface area contributed by atoms with Gasteiger partial charge in [0.2, 0.25) is 0 Å². The van der Waals surface area contributed by atoms with Gasteiger partial charge in [0.25, 0.3) is 0 Å². The Bertz CT molecular complexity index is 341. The molecule has 0 aromatic carbocycles. The molecule has 1 fully saturated rings. The molecule has 0 aromatic heterocycles. The SMILES string of the molecule is C=C1C[C@H](S(C)(=O)=O)C[C@H]1C(=O)O. The number of carboxylic acids is 1. The molecule has 5 heteroatoms. The highest BCUT2D eigenvalue weighted by Gasteiger charge is 2.37. The molecule has 0 spiro atoms. The van der Waals surface area contributed by atoms with Gasteiger partial charge in [0.15, 0.2) is 9.84 Å². The standard InChI is InChI=1S/C8H12O4S/c1-5-3-6(13(2,11)12)4-7(5)8(9)10/h6-7H,1,3-4H2,2H3,(H,9,10)/t6-,7+/m0/s1. The Labute approximate surface area is 77.2 Å². The van der Waals surface area contributed by atoms with Crippen LogP contribution in [0.1, 0.15) is 12.8 Å². The van der Waals surface area contributed by atoms with Crippen LogP contribution < -0.4 is 0 Å². The third-order valence-corrected chi connectivity index (χ3v) is 3.95. The van der Waals surface area contributed by atoms with E-state index in [-0.39, 0.29) is 12.8 Å². The number of hydrogen-bond donors (Lipinski definition) is 1. The molecule has 1 aliphatic rings. The number of hydrogen-bond acceptors (Lipinski definition) is 3. The molecule has 0 saturated heterocycles. The summed E-state index contributed by atoms with van der Waals surface area (Å²) in [5, 5.41) is 8.16. The molecule has 1 aliphatic carbocycles. The number of aliphatic carboxylic acids is 1. The molecule has 1 rings (SSSR count). The van der Waals surface area contributed by atoms with Gasteiger partial charge in [-0.05, 0) is 12.8 Å². The van der Waals surface area contributed by atoms with Crippen molar-refractivity contribution in [3.05, 3.63) is 12.2 Å². The molecule has 0 aliphatic heterocycles. The summed E-state index contributed by atoms with van der Waals surface area (Å²) < 4.78 is 22.2. The molecular weight excluding hydrogens is 192 g/mol. The van der Waals surface area contributed by atoms with E-state index in [1.54, 1.807) is 0 Å². The number of sulfone groups is 1. The maximum absolute atomic E-state index is 11.1. The van der Waals surface area contributed by atoms with Gasteiger partial charge < -0.3 is 5.11 Å². The van der Waals surface area contributed by atoms with Crippen molar-refractivity contribution in [1.29, 1.82) is 0 Å². The average Bonchev–Trinajstić information content (AvgIpc) is 2.29. The zero-order chi connectivity index (χ0) is 10.2. The summed E-state index contributed by atoms with van der Waals surface area (Å²) in [5.41, 5.74) is 0.517. The molecule has 0 amide bonds.